The quantitative estimate of drug-likeness (QED) is 0.180. The SMILES string of the molecule is C=C(C)C(=O)Oc1c(Br)cc(C(CC)(CC)c2cc(Br)c(C)c(Br)c2)cc1Br. The Kier molecular flexibility index (Phi) is 8.16. The number of ether oxygens (including phenoxy) is 1. The maximum absolute atomic E-state index is 12.0. The van der Waals surface area contributed by atoms with E-state index < -0.39 is 5.97 Å². The molecule has 0 aliphatic heterocycles. The zero-order chi connectivity index (χ0) is 21.2. The van der Waals surface area contributed by atoms with Crippen LogP contribution in [-0.2, 0) is 10.2 Å². The van der Waals surface area contributed by atoms with Crippen LogP contribution in [0.1, 0.15) is 50.3 Å². The zero-order valence-electron chi connectivity index (χ0n) is 16.3. The lowest BCUT2D eigenvalue weighted by Crippen LogP contribution is -2.26. The van der Waals surface area contributed by atoms with Crippen molar-refractivity contribution in [3.63, 3.8) is 0 Å². The predicted molar refractivity (Wildman–Crippen MR) is 130 cm³/mol. The van der Waals surface area contributed by atoms with Crippen LogP contribution in [0.5, 0.6) is 5.75 Å². The normalized spacial score (nSPS) is 11.4. The van der Waals surface area contributed by atoms with Crippen LogP contribution in [0.15, 0.2) is 54.3 Å². The number of rotatable bonds is 6. The summed E-state index contributed by atoms with van der Waals surface area (Å²) in [5.41, 5.74) is 3.73. The van der Waals surface area contributed by atoms with Crippen molar-refractivity contribution in [1.29, 1.82) is 0 Å². The van der Waals surface area contributed by atoms with Gasteiger partial charge in [-0.15, -0.1) is 0 Å². The number of benzene rings is 2. The molecule has 2 aromatic rings. The van der Waals surface area contributed by atoms with Crippen LogP contribution in [0.25, 0.3) is 0 Å². The molecule has 0 heterocycles. The minimum absolute atomic E-state index is 0.180. The summed E-state index contributed by atoms with van der Waals surface area (Å²) in [7, 11) is 0. The number of hydrogen-bond donors (Lipinski definition) is 0. The van der Waals surface area contributed by atoms with E-state index in [1.54, 1.807) is 6.92 Å². The van der Waals surface area contributed by atoms with E-state index in [-0.39, 0.29) is 5.41 Å². The smallest absolute Gasteiger partial charge is 0.338 e. The number of halogens is 4. The maximum Gasteiger partial charge on any atom is 0.338 e. The van der Waals surface area contributed by atoms with Gasteiger partial charge in [-0.3, -0.25) is 0 Å². The first-order valence-electron chi connectivity index (χ1n) is 8.90. The molecule has 0 saturated heterocycles. The number of esters is 1. The van der Waals surface area contributed by atoms with Gasteiger partial charge in [0, 0.05) is 19.9 Å². The van der Waals surface area contributed by atoms with Gasteiger partial charge >= 0.3 is 5.97 Å². The van der Waals surface area contributed by atoms with E-state index in [1.165, 1.54) is 11.1 Å². The van der Waals surface area contributed by atoms with Gasteiger partial charge in [-0.2, -0.15) is 0 Å². The van der Waals surface area contributed by atoms with E-state index in [4.69, 9.17) is 4.74 Å². The van der Waals surface area contributed by atoms with E-state index in [2.05, 4.69) is 103 Å². The van der Waals surface area contributed by atoms with Crippen molar-refractivity contribution in [2.75, 3.05) is 0 Å². The molecule has 0 aliphatic rings. The minimum Gasteiger partial charge on any atom is -0.421 e. The first-order chi connectivity index (χ1) is 13.1. The second-order valence-electron chi connectivity index (χ2n) is 6.79. The van der Waals surface area contributed by atoms with Gasteiger partial charge < -0.3 is 4.74 Å². The van der Waals surface area contributed by atoms with E-state index >= 15 is 0 Å². The highest BCUT2D eigenvalue weighted by Crippen LogP contribution is 2.46. The van der Waals surface area contributed by atoms with Gasteiger partial charge in [0.2, 0.25) is 0 Å². The second kappa shape index (κ2) is 9.59. The van der Waals surface area contributed by atoms with E-state index in [9.17, 15) is 4.79 Å². The van der Waals surface area contributed by atoms with E-state index in [0.717, 1.165) is 36.3 Å². The fourth-order valence-electron chi connectivity index (χ4n) is 3.27. The Morgan fingerprint density at radius 1 is 0.929 bits per heavy atom. The third-order valence-electron chi connectivity index (χ3n) is 5.13. The van der Waals surface area contributed by atoms with Crippen molar-refractivity contribution in [3.05, 3.63) is 71.0 Å². The highest BCUT2D eigenvalue weighted by molar-refractivity contribution is 9.11. The standard InChI is InChI=1S/C22H22Br4O2/c1-6-22(7-2,14-8-16(23)13(5)17(24)9-14)15-10-18(25)20(19(26)11-15)28-21(27)12(3)4/h8-11H,3,6-7H2,1-2,4-5H3. The van der Waals surface area contributed by atoms with Crippen molar-refractivity contribution in [2.45, 2.75) is 46.0 Å². The fourth-order valence-corrected chi connectivity index (χ4v) is 5.80. The lowest BCUT2D eigenvalue weighted by atomic mass is 9.70. The molecule has 0 unspecified atom stereocenters. The lowest BCUT2D eigenvalue weighted by molar-refractivity contribution is -0.130. The van der Waals surface area contributed by atoms with Crippen LogP contribution >= 0.6 is 63.7 Å². The molecule has 0 aromatic heterocycles. The minimum atomic E-state index is -0.446. The molecule has 0 aliphatic carbocycles. The topological polar surface area (TPSA) is 26.3 Å². The van der Waals surface area contributed by atoms with Gasteiger partial charge in [-0.05, 0) is 99.5 Å². The Balaban J connectivity index is 2.64. The van der Waals surface area contributed by atoms with Crippen molar-refractivity contribution in [2.24, 2.45) is 0 Å². The summed E-state index contributed by atoms with van der Waals surface area (Å²) >= 11 is 14.5. The van der Waals surface area contributed by atoms with Crippen LogP contribution in [-0.4, -0.2) is 5.97 Å². The molecule has 150 valence electrons. The summed E-state index contributed by atoms with van der Waals surface area (Å²) in [5.74, 6) is 0.0157. The summed E-state index contributed by atoms with van der Waals surface area (Å²) < 4.78 is 9.09. The number of carbonyl (C=O) groups excluding carboxylic acids is 1. The van der Waals surface area contributed by atoms with Gasteiger partial charge in [0.1, 0.15) is 0 Å². The summed E-state index contributed by atoms with van der Waals surface area (Å²) in [4.78, 5) is 12.0. The molecule has 2 rings (SSSR count). The Morgan fingerprint density at radius 3 is 1.68 bits per heavy atom. The molecule has 0 saturated carbocycles. The molecule has 0 atom stereocenters. The number of carbonyl (C=O) groups is 1. The molecule has 0 spiro atoms. The molecule has 0 radical (unpaired) electrons. The van der Waals surface area contributed by atoms with Crippen molar-refractivity contribution >= 4 is 69.7 Å². The monoisotopic (exact) mass is 634 g/mol. The Morgan fingerprint density at radius 2 is 1.32 bits per heavy atom. The average molecular weight is 638 g/mol. The summed E-state index contributed by atoms with van der Waals surface area (Å²) in [6.45, 7) is 11.7. The van der Waals surface area contributed by atoms with Crippen LogP contribution in [0.4, 0.5) is 0 Å². The van der Waals surface area contributed by atoms with Gasteiger partial charge in [0.25, 0.3) is 0 Å². The number of hydrogen-bond acceptors (Lipinski definition) is 2. The third-order valence-corrected chi connectivity index (χ3v) is 7.96. The second-order valence-corrected chi connectivity index (χ2v) is 10.2. The first-order valence-corrected chi connectivity index (χ1v) is 12.1. The molecule has 2 nitrogen and oxygen atoms in total. The van der Waals surface area contributed by atoms with Gasteiger partial charge in [0.05, 0.1) is 8.95 Å². The van der Waals surface area contributed by atoms with Crippen LogP contribution in [0, 0.1) is 6.92 Å². The summed E-state index contributed by atoms with van der Waals surface area (Å²) in [6.07, 6.45) is 1.85. The molecule has 0 fully saturated rings. The van der Waals surface area contributed by atoms with Crippen LogP contribution < -0.4 is 4.74 Å². The highest BCUT2D eigenvalue weighted by atomic mass is 79.9. The zero-order valence-corrected chi connectivity index (χ0v) is 22.6. The molecule has 0 bridgehead atoms. The van der Waals surface area contributed by atoms with Gasteiger partial charge in [0.15, 0.2) is 5.75 Å². The lowest BCUT2D eigenvalue weighted by Gasteiger charge is -2.34. The highest BCUT2D eigenvalue weighted by Gasteiger charge is 2.33. The van der Waals surface area contributed by atoms with Crippen molar-refractivity contribution in [3.8, 4) is 5.75 Å². The fraction of sp³-hybridized carbons (Fsp3) is 0.318. The van der Waals surface area contributed by atoms with Gasteiger partial charge in [-0.1, -0.05) is 52.3 Å². The Hall–Kier alpha value is -0.430. The predicted octanol–water partition coefficient (Wildman–Crippen LogP) is 8.63. The van der Waals surface area contributed by atoms with E-state index in [0.29, 0.717) is 11.3 Å². The van der Waals surface area contributed by atoms with Crippen LogP contribution in [0.2, 0.25) is 0 Å². The summed E-state index contributed by atoms with van der Waals surface area (Å²) in [5, 5.41) is 0. The Labute approximate surface area is 200 Å². The maximum atomic E-state index is 12.0. The van der Waals surface area contributed by atoms with Gasteiger partial charge in [-0.25, -0.2) is 4.79 Å². The van der Waals surface area contributed by atoms with E-state index in [1.807, 2.05) is 12.1 Å². The first kappa shape index (κ1) is 23.8. The largest absolute Gasteiger partial charge is 0.421 e. The summed E-state index contributed by atoms with van der Waals surface area (Å²) in [6, 6.07) is 8.48. The molecule has 2 aromatic carbocycles. The molecular formula is C22H22Br4O2. The Bertz CT molecular complexity index is 884. The molecule has 28 heavy (non-hydrogen) atoms. The average Bonchev–Trinajstić information content (AvgIpc) is 2.63. The third kappa shape index (κ3) is 4.66. The molecule has 0 amide bonds. The molecule has 6 heteroatoms. The van der Waals surface area contributed by atoms with Crippen LogP contribution in [0.3, 0.4) is 0 Å². The molecular weight excluding hydrogens is 616 g/mol. The van der Waals surface area contributed by atoms with Crippen molar-refractivity contribution in [1.82, 2.24) is 0 Å². The molecule has 0 N–H and O–H groups in total. The van der Waals surface area contributed by atoms with Crippen molar-refractivity contribution < 1.29 is 9.53 Å².